The minimum atomic E-state index is -0.429. The molecule has 4 rings (SSSR count). The lowest BCUT2D eigenvalue weighted by molar-refractivity contribution is -0.113. The van der Waals surface area contributed by atoms with E-state index in [1.807, 2.05) is 6.92 Å². The lowest BCUT2D eigenvalue weighted by Crippen LogP contribution is -2.34. The summed E-state index contributed by atoms with van der Waals surface area (Å²) in [6, 6.07) is 5.57. The first-order valence-corrected chi connectivity index (χ1v) is 11.8. The van der Waals surface area contributed by atoms with Crippen molar-refractivity contribution in [3.8, 4) is 0 Å². The molecule has 31 heavy (non-hydrogen) atoms. The molecule has 1 amide bonds. The van der Waals surface area contributed by atoms with Gasteiger partial charge in [-0.2, -0.15) is 0 Å². The van der Waals surface area contributed by atoms with Crippen LogP contribution in [0, 0.1) is 12.8 Å². The molecule has 9 heteroatoms. The van der Waals surface area contributed by atoms with Crippen LogP contribution in [0.2, 0.25) is 0 Å². The van der Waals surface area contributed by atoms with Crippen molar-refractivity contribution in [2.24, 2.45) is 5.92 Å². The van der Waals surface area contributed by atoms with E-state index in [-0.39, 0.29) is 11.7 Å². The van der Waals surface area contributed by atoms with Crippen molar-refractivity contribution in [3.63, 3.8) is 0 Å². The first kappa shape index (κ1) is 21.7. The molecule has 8 nitrogen and oxygen atoms in total. The molecule has 0 spiro atoms. The number of benzene rings is 1. The van der Waals surface area contributed by atoms with Gasteiger partial charge in [0.15, 0.2) is 5.16 Å². The van der Waals surface area contributed by atoms with Crippen LogP contribution in [0.4, 0.5) is 11.6 Å². The van der Waals surface area contributed by atoms with E-state index in [9.17, 15) is 9.59 Å². The van der Waals surface area contributed by atoms with Gasteiger partial charge < -0.3 is 15.0 Å². The van der Waals surface area contributed by atoms with Crippen molar-refractivity contribution < 1.29 is 14.3 Å². The van der Waals surface area contributed by atoms with Gasteiger partial charge in [-0.3, -0.25) is 9.36 Å². The topological polar surface area (TPSA) is 89.3 Å². The monoisotopic (exact) mass is 443 g/mol. The molecule has 0 unspecified atom stereocenters. The van der Waals surface area contributed by atoms with Gasteiger partial charge in [-0.05, 0) is 56.2 Å². The van der Waals surface area contributed by atoms with Crippen LogP contribution in [0.15, 0.2) is 23.4 Å². The van der Waals surface area contributed by atoms with Gasteiger partial charge in [-0.1, -0.05) is 24.8 Å². The van der Waals surface area contributed by atoms with Crippen LogP contribution in [-0.4, -0.2) is 52.6 Å². The summed E-state index contributed by atoms with van der Waals surface area (Å²) in [5.41, 5.74) is 1.90. The van der Waals surface area contributed by atoms with E-state index in [4.69, 9.17) is 4.74 Å². The molecule has 0 bridgehead atoms. The summed E-state index contributed by atoms with van der Waals surface area (Å²) in [7, 11) is 1.34. The molecule has 0 radical (unpaired) electrons. The number of methoxy groups -OCH3 is 1. The highest BCUT2D eigenvalue weighted by Gasteiger charge is 2.32. The molecule has 0 atom stereocenters. The molecule has 166 valence electrons. The third kappa shape index (κ3) is 5.03. The average Bonchev–Trinajstić information content (AvgIpc) is 3.52. The van der Waals surface area contributed by atoms with Crippen LogP contribution in [-0.2, 0) is 9.53 Å². The Bertz CT molecular complexity index is 964. The lowest BCUT2D eigenvalue weighted by Gasteiger charge is -2.31. The summed E-state index contributed by atoms with van der Waals surface area (Å²) in [6.45, 7) is 6.20. The summed E-state index contributed by atoms with van der Waals surface area (Å²) >= 11 is 1.41. The Morgan fingerprint density at radius 2 is 1.94 bits per heavy atom. The predicted octanol–water partition coefficient (Wildman–Crippen LogP) is 3.68. The average molecular weight is 444 g/mol. The van der Waals surface area contributed by atoms with Crippen LogP contribution in [0.5, 0.6) is 0 Å². The van der Waals surface area contributed by atoms with Gasteiger partial charge in [0, 0.05) is 24.8 Å². The summed E-state index contributed by atoms with van der Waals surface area (Å²) in [5, 5.41) is 12.6. The maximum atomic E-state index is 12.6. The Morgan fingerprint density at radius 1 is 1.19 bits per heavy atom. The van der Waals surface area contributed by atoms with Crippen LogP contribution < -0.4 is 10.2 Å². The van der Waals surface area contributed by atoms with Crippen LogP contribution in [0.25, 0.3) is 0 Å². The first-order chi connectivity index (χ1) is 15.0. The van der Waals surface area contributed by atoms with Gasteiger partial charge in [0.1, 0.15) is 0 Å². The van der Waals surface area contributed by atoms with Gasteiger partial charge in [-0.25, -0.2) is 4.79 Å². The van der Waals surface area contributed by atoms with E-state index in [0.29, 0.717) is 17.3 Å². The SMILES string of the molecule is COC(=O)c1ccc(C)c(NC(=O)CSc2nnc(N3CCC(C)CC3)n2C2CC2)c1. The normalized spacial score (nSPS) is 16.9. The van der Waals surface area contributed by atoms with Gasteiger partial charge in [0.25, 0.3) is 0 Å². The summed E-state index contributed by atoms with van der Waals surface area (Å²) in [4.78, 5) is 26.7. The Balaban J connectivity index is 1.42. The van der Waals surface area contributed by atoms with E-state index in [1.54, 1.807) is 18.2 Å². The second-order valence-electron chi connectivity index (χ2n) is 8.41. The Kier molecular flexibility index (Phi) is 6.50. The van der Waals surface area contributed by atoms with Crippen molar-refractivity contribution >= 4 is 35.3 Å². The number of hydrogen-bond donors (Lipinski definition) is 1. The fourth-order valence-corrected chi connectivity index (χ4v) is 4.56. The first-order valence-electron chi connectivity index (χ1n) is 10.8. The van der Waals surface area contributed by atoms with Gasteiger partial charge >= 0.3 is 5.97 Å². The van der Waals surface area contributed by atoms with E-state index in [1.165, 1.54) is 31.7 Å². The molecular formula is C22H29N5O3S. The number of rotatable bonds is 7. The third-order valence-electron chi connectivity index (χ3n) is 5.89. The number of nitrogens with one attached hydrogen (secondary N) is 1. The maximum absolute atomic E-state index is 12.6. The van der Waals surface area contributed by atoms with E-state index in [2.05, 4.69) is 31.9 Å². The lowest BCUT2D eigenvalue weighted by atomic mass is 10.00. The van der Waals surface area contributed by atoms with Crippen molar-refractivity contribution in [2.75, 3.05) is 36.2 Å². The molecule has 2 fully saturated rings. The highest BCUT2D eigenvalue weighted by molar-refractivity contribution is 7.99. The molecule has 1 N–H and O–H groups in total. The summed E-state index contributed by atoms with van der Waals surface area (Å²) in [6.07, 6.45) is 4.61. The molecule has 1 saturated carbocycles. The number of hydrogen-bond acceptors (Lipinski definition) is 7. The second-order valence-corrected chi connectivity index (χ2v) is 9.35. The Labute approximate surface area is 186 Å². The predicted molar refractivity (Wildman–Crippen MR) is 121 cm³/mol. The molecule has 1 saturated heterocycles. The number of ether oxygens (including phenoxy) is 1. The summed E-state index contributed by atoms with van der Waals surface area (Å²) in [5.74, 6) is 1.35. The number of esters is 1. The smallest absolute Gasteiger partial charge is 0.337 e. The standard InChI is InChI=1S/C22H29N5O3S/c1-14-8-10-26(11-9-14)21-24-25-22(27(21)17-6-7-17)31-13-19(28)23-18-12-16(20(29)30-3)5-4-15(18)2/h4-5,12,14,17H,6-11,13H2,1-3H3,(H,23,28). The summed E-state index contributed by atoms with van der Waals surface area (Å²) < 4.78 is 6.98. The fraction of sp³-hybridized carbons (Fsp3) is 0.545. The van der Waals surface area contributed by atoms with Crippen molar-refractivity contribution in [3.05, 3.63) is 29.3 Å². The number of aromatic nitrogens is 3. The van der Waals surface area contributed by atoms with E-state index < -0.39 is 5.97 Å². The number of piperidine rings is 1. The van der Waals surface area contributed by atoms with Crippen molar-refractivity contribution in [1.29, 1.82) is 0 Å². The van der Waals surface area contributed by atoms with Crippen LogP contribution in [0.3, 0.4) is 0 Å². The number of amides is 1. The van der Waals surface area contributed by atoms with E-state index >= 15 is 0 Å². The number of carbonyl (C=O) groups is 2. The van der Waals surface area contributed by atoms with Crippen molar-refractivity contribution in [1.82, 2.24) is 14.8 Å². The molecule has 1 aromatic carbocycles. The second kappa shape index (κ2) is 9.30. The number of carbonyl (C=O) groups excluding carboxylic acids is 2. The third-order valence-corrected chi connectivity index (χ3v) is 6.83. The number of nitrogens with zero attached hydrogens (tertiary/aromatic N) is 4. The quantitative estimate of drug-likeness (QED) is 0.516. The largest absolute Gasteiger partial charge is 0.465 e. The van der Waals surface area contributed by atoms with Gasteiger partial charge in [0.2, 0.25) is 11.9 Å². The minimum Gasteiger partial charge on any atom is -0.465 e. The zero-order valence-corrected chi connectivity index (χ0v) is 19.1. The highest BCUT2D eigenvalue weighted by atomic mass is 32.2. The number of aryl methyl sites for hydroxylation is 1. The van der Waals surface area contributed by atoms with E-state index in [0.717, 1.165) is 48.5 Å². The molecule has 2 heterocycles. The highest BCUT2D eigenvalue weighted by Crippen LogP contribution is 2.41. The van der Waals surface area contributed by atoms with Crippen molar-refractivity contribution in [2.45, 2.75) is 50.7 Å². The molecule has 2 aliphatic rings. The van der Waals surface area contributed by atoms with Crippen LogP contribution >= 0.6 is 11.8 Å². The number of anilines is 2. The molecule has 1 aromatic heterocycles. The fourth-order valence-electron chi connectivity index (χ4n) is 3.76. The molecule has 2 aromatic rings. The van der Waals surface area contributed by atoms with Gasteiger partial charge in [-0.15, -0.1) is 10.2 Å². The Hall–Kier alpha value is -2.55. The van der Waals surface area contributed by atoms with Crippen LogP contribution in [0.1, 0.15) is 54.6 Å². The van der Waals surface area contributed by atoms with Gasteiger partial charge in [0.05, 0.1) is 18.4 Å². The molecule has 1 aliphatic carbocycles. The number of thioether (sulfide) groups is 1. The maximum Gasteiger partial charge on any atom is 0.337 e. The molecular weight excluding hydrogens is 414 g/mol. The zero-order valence-electron chi connectivity index (χ0n) is 18.3. The molecule has 1 aliphatic heterocycles. The zero-order chi connectivity index (χ0) is 22.0. The Morgan fingerprint density at radius 3 is 2.61 bits per heavy atom. The minimum absolute atomic E-state index is 0.145.